The number of aryl methyl sites for hydroxylation is 1. The van der Waals surface area contributed by atoms with E-state index in [0.717, 1.165) is 23.4 Å². The van der Waals surface area contributed by atoms with Gasteiger partial charge in [-0.25, -0.2) is 0 Å². The zero-order chi connectivity index (χ0) is 10.3. The van der Waals surface area contributed by atoms with Gasteiger partial charge in [0.2, 0.25) is 0 Å². The summed E-state index contributed by atoms with van der Waals surface area (Å²) in [7, 11) is 1.98. The van der Waals surface area contributed by atoms with Crippen LogP contribution in [0.25, 0.3) is 0 Å². The predicted molar refractivity (Wildman–Crippen MR) is 51.7 cm³/mol. The average molecular weight is 189 g/mol. The summed E-state index contributed by atoms with van der Waals surface area (Å²) in [4.78, 5) is 16.2. The molecule has 0 unspecified atom stereocenters. The molecule has 1 aromatic rings. The zero-order valence-electron chi connectivity index (χ0n) is 8.22. The lowest BCUT2D eigenvalue weighted by Crippen LogP contribution is -2.15. The molecule has 4 nitrogen and oxygen atoms in total. The van der Waals surface area contributed by atoms with E-state index in [1.807, 2.05) is 20.0 Å². The second kappa shape index (κ2) is 2.96. The van der Waals surface area contributed by atoms with Crippen LogP contribution in [0.4, 0.5) is 0 Å². The molecule has 1 aliphatic rings. The van der Waals surface area contributed by atoms with E-state index in [-0.39, 0.29) is 11.1 Å². The van der Waals surface area contributed by atoms with Gasteiger partial charge < -0.3 is 4.98 Å². The van der Waals surface area contributed by atoms with Gasteiger partial charge >= 0.3 is 0 Å². The van der Waals surface area contributed by atoms with E-state index in [4.69, 9.17) is 5.26 Å². The molecule has 0 radical (unpaired) electrons. The lowest BCUT2D eigenvalue weighted by Gasteiger charge is -2.03. The summed E-state index contributed by atoms with van der Waals surface area (Å²) in [6.07, 6.45) is 0. The molecule has 0 amide bonds. The molecule has 2 rings (SSSR count). The monoisotopic (exact) mass is 189 g/mol. The molecule has 72 valence electrons. The molecule has 0 atom stereocenters. The second-order valence-corrected chi connectivity index (χ2v) is 3.70. The van der Waals surface area contributed by atoms with Crippen LogP contribution < -0.4 is 5.56 Å². The molecule has 0 bridgehead atoms. The van der Waals surface area contributed by atoms with Crippen molar-refractivity contribution in [2.24, 2.45) is 0 Å². The molecule has 0 spiro atoms. The van der Waals surface area contributed by atoms with Crippen LogP contribution in [0.3, 0.4) is 0 Å². The number of hydrogen-bond donors (Lipinski definition) is 1. The van der Waals surface area contributed by atoms with E-state index in [1.54, 1.807) is 0 Å². The van der Waals surface area contributed by atoms with Crippen molar-refractivity contribution in [3.8, 4) is 6.07 Å². The van der Waals surface area contributed by atoms with Crippen LogP contribution in [-0.2, 0) is 13.1 Å². The third kappa shape index (κ3) is 1.14. The van der Waals surface area contributed by atoms with Crippen molar-refractivity contribution in [3.63, 3.8) is 0 Å². The fourth-order valence-corrected chi connectivity index (χ4v) is 1.92. The van der Waals surface area contributed by atoms with Crippen molar-refractivity contribution < 1.29 is 0 Å². The van der Waals surface area contributed by atoms with E-state index in [0.29, 0.717) is 6.54 Å². The van der Waals surface area contributed by atoms with Gasteiger partial charge in [-0.15, -0.1) is 0 Å². The number of aromatic amines is 1. The number of H-pyrrole nitrogens is 1. The Morgan fingerprint density at radius 1 is 1.43 bits per heavy atom. The number of rotatable bonds is 0. The minimum Gasteiger partial charge on any atom is -0.325 e. The second-order valence-electron chi connectivity index (χ2n) is 3.70. The van der Waals surface area contributed by atoms with Crippen molar-refractivity contribution in [1.29, 1.82) is 5.26 Å². The summed E-state index contributed by atoms with van der Waals surface area (Å²) in [5, 5.41) is 8.87. The summed E-state index contributed by atoms with van der Waals surface area (Å²) in [5.74, 6) is 0. The highest BCUT2D eigenvalue weighted by Crippen LogP contribution is 2.23. The normalized spacial score (nSPS) is 15.2. The molecule has 1 aromatic heterocycles. The van der Waals surface area contributed by atoms with Gasteiger partial charge in [-0.3, -0.25) is 9.69 Å². The first-order valence-corrected chi connectivity index (χ1v) is 4.46. The van der Waals surface area contributed by atoms with E-state index in [9.17, 15) is 4.79 Å². The maximum atomic E-state index is 11.4. The van der Waals surface area contributed by atoms with E-state index in [2.05, 4.69) is 9.88 Å². The van der Waals surface area contributed by atoms with Crippen molar-refractivity contribution in [1.82, 2.24) is 9.88 Å². The van der Waals surface area contributed by atoms with Crippen molar-refractivity contribution in [2.45, 2.75) is 20.0 Å². The van der Waals surface area contributed by atoms with E-state index in [1.165, 1.54) is 0 Å². The highest BCUT2D eigenvalue weighted by molar-refractivity contribution is 5.44. The Morgan fingerprint density at radius 2 is 2.07 bits per heavy atom. The summed E-state index contributed by atoms with van der Waals surface area (Å²) in [6.45, 7) is 3.39. The maximum absolute atomic E-state index is 11.4. The molecule has 1 N–H and O–H groups in total. The molecule has 0 fully saturated rings. The molecule has 4 heteroatoms. The highest BCUT2D eigenvalue weighted by Gasteiger charge is 2.23. The third-order valence-corrected chi connectivity index (χ3v) is 2.61. The fraction of sp³-hybridized carbons (Fsp3) is 0.400. The Bertz CT molecular complexity index is 481. The van der Waals surface area contributed by atoms with Gasteiger partial charge in [0.15, 0.2) is 0 Å². The van der Waals surface area contributed by atoms with E-state index < -0.39 is 0 Å². The molecule has 0 saturated heterocycles. The van der Waals surface area contributed by atoms with Crippen LogP contribution in [0.5, 0.6) is 0 Å². The van der Waals surface area contributed by atoms with Crippen molar-refractivity contribution in [3.05, 3.63) is 32.7 Å². The molecule has 0 aliphatic carbocycles. The first kappa shape index (κ1) is 8.97. The molecule has 2 heterocycles. The van der Waals surface area contributed by atoms with E-state index >= 15 is 0 Å². The number of fused-ring (bicyclic) bond motifs is 1. The highest BCUT2D eigenvalue weighted by atomic mass is 16.1. The first-order valence-electron chi connectivity index (χ1n) is 4.46. The molecule has 1 aliphatic heterocycles. The topological polar surface area (TPSA) is 59.9 Å². The van der Waals surface area contributed by atoms with Crippen LogP contribution in [-0.4, -0.2) is 16.9 Å². The standard InChI is InChI=1S/C10H11N3O/c1-6-8-4-13(2)5-9(8)7(3-11)10(14)12-6/h4-5H2,1-2H3,(H,12,14). The quantitative estimate of drug-likeness (QED) is 0.646. The van der Waals surface area contributed by atoms with Crippen molar-refractivity contribution >= 4 is 0 Å². The van der Waals surface area contributed by atoms with Crippen LogP contribution >= 0.6 is 0 Å². The predicted octanol–water partition coefficient (Wildman–Crippen LogP) is 0.500. The fourth-order valence-electron chi connectivity index (χ4n) is 1.92. The third-order valence-electron chi connectivity index (χ3n) is 2.61. The lowest BCUT2D eigenvalue weighted by molar-refractivity contribution is 0.352. The minimum atomic E-state index is -0.265. The lowest BCUT2D eigenvalue weighted by atomic mass is 10.1. The van der Waals surface area contributed by atoms with Gasteiger partial charge in [0.05, 0.1) is 0 Å². The summed E-state index contributed by atoms with van der Waals surface area (Å²) in [6, 6.07) is 1.97. The summed E-state index contributed by atoms with van der Waals surface area (Å²) < 4.78 is 0. The minimum absolute atomic E-state index is 0.265. The molecule has 0 aromatic carbocycles. The number of nitrogens with zero attached hydrogens (tertiary/aromatic N) is 2. The van der Waals surface area contributed by atoms with Gasteiger partial charge in [0.1, 0.15) is 11.6 Å². The van der Waals surface area contributed by atoms with Gasteiger partial charge in [-0.2, -0.15) is 5.26 Å². The number of nitriles is 1. The SMILES string of the molecule is Cc1[nH]c(=O)c(C#N)c2c1CN(C)C2. The van der Waals surface area contributed by atoms with Gasteiger partial charge in [0, 0.05) is 18.8 Å². The smallest absolute Gasteiger partial charge is 0.266 e. The van der Waals surface area contributed by atoms with Crippen LogP contribution in [0.1, 0.15) is 22.4 Å². The van der Waals surface area contributed by atoms with Crippen LogP contribution in [0.2, 0.25) is 0 Å². The van der Waals surface area contributed by atoms with Gasteiger partial charge in [-0.1, -0.05) is 0 Å². The zero-order valence-corrected chi connectivity index (χ0v) is 8.22. The first-order chi connectivity index (χ1) is 6.63. The maximum Gasteiger partial charge on any atom is 0.266 e. The molecular weight excluding hydrogens is 178 g/mol. The average Bonchev–Trinajstić information content (AvgIpc) is 2.48. The summed E-state index contributed by atoms with van der Waals surface area (Å²) in [5.41, 5.74) is 2.89. The largest absolute Gasteiger partial charge is 0.325 e. The number of nitrogens with one attached hydrogen (secondary N) is 1. The Balaban J connectivity index is 2.74. The molecule has 0 saturated carbocycles. The van der Waals surface area contributed by atoms with Crippen molar-refractivity contribution in [2.75, 3.05) is 7.05 Å². The Morgan fingerprint density at radius 3 is 2.71 bits per heavy atom. The van der Waals surface area contributed by atoms with Gasteiger partial charge in [-0.05, 0) is 25.1 Å². The van der Waals surface area contributed by atoms with Crippen LogP contribution in [0.15, 0.2) is 4.79 Å². The Kier molecular flexibility index (Phi) is 1.90. The number of pyridine rings is 1. The van der Waals surface area contributed by atoms with Gasteiger partial charge in [0.25, 0.3) is 5.56 Å². The Labute approximate surface area is 81.8 Å². The van der Waals surface area contributed by atoms with Crippen LogP contribution in [0, 0.1) is 18.3 Å². The molecule has 14 heavy (non-hydrogen) atoms. The molecular formula is C10H11N3O. The number of hydrogen-bond acceptors (Lipinski definition) is 3. The number of aromatic nitrogens is 1. The Hall–Kier alpha value is -1.60. The summed E-state index contributed by atoms with van der Waals surface area (Å²) >= 11 is 0.